The van der Waals surface area contributed by atoms with Gasteiger partial charge in [0.2, 0.25) is 10.0 Å². The van der Waals surface area contributed by atoms with Crippen LogP contribution in [0.25, 0.3) is 0 Å². The second-order valence-corrected chi connectivity index (χ2v) is 8.21. The van der Waals surface area contributed by atoms with Crippen molar-refractivity contribution in [2.75, 3.05) is 13.1 Å². The molecule has 4 nitrogen and oxygen atoms in total. The zero-order chi connectivity index (χ0) is 15.7. The number of ketones is 1. The highest BCUT2D eigenvalue weighted by Crippen LogP contribution is 2.33. The van der Waals surface area contributed by atoms with Gasteiger partial charge in [-0.25, -0.2) is 8.42 Å². The van der Waals surface area contributed by atoms with E-state index in [9.17, 15) is 13.2 Å². The number of carbonyl (C=O) groups is 1. The lowest BCUT2D eigenvalue weighted by molar-refractivity contribution is -0.120. The highest BCUT2D eigenvalue weighted by Gasteiger charge is 2.39. The summed E-state index contributed by atoms with van der Waals surface area (Å²) in [7, 11) is -3.47. The highest BCUT2D eigenvalue weighted by molar-refractivity contribution is 7.89. The van der Waals surface area contributed by atoms with Crippen LogP contribution in [0.2, 0.25) is 0 Å². The Balaban J connectivity index is 1.84. The second-order valence-electron chi connectivity index (χ2n) is 6.27. The van der Waals surface area contributed by atoms with E-state index >= 15 is 0 Å². The van der Waals surface area contributed by atoms with Gasteiger partial charge in [0.05, 0.1) is 4.90 Å². The van der Waals surface area contributed by atoms with Crippen molar-refractivity contribution in [1.82, 2.24) is 4.31 Å². The molecule has 1 aliphatic carbocycles. The third kappa shape index (κ3) is 3.01. The van der Waals surface area contributed by atoms with E-state index in [1.54, 1.807) is 12.1 Å². The van der Waals surface area contributed by atoms with E-state index in [-0.39, 0.29) is 17.6 Å². The predicted molar refractivity (Wildman–Crippen MR) is 84.9 cm³/mol. The first-order chi connectivity index (χ1) is 10.5. The van der Waals surface area contributed by atoms with Gasteiger partial charge in [-0.1, -0.05) is 29.8 Å². The van der Waals surface area contributed by atoms with Crippen molar-refractivity contribution in [3.05, 3.63) is 42.0 Å². The van der Waals surface area contributed by atoms with E-state index in [0.717, 1.165) is 12.0 Å². The zero-order valence-corrected chi connectivity index (χ0v) is 13.6. The molecule has 5 heteroatoms. The van der Waals surface area contributed by atoms with Crippen molar-refractivity contribution in [3.63, 3.8) is 0 Å². The van der Waals surface area contributed by atoms with Gasteiger partial charge < -0.3 is 0 Å². The van der Waals surface area contributed by atoms with Crippen LogP contribution in [-0.2, 0) is 14.8 Å². The van der Waals surface area contributed by atoms with E-state index < -0.39 is 10.0 Å². The Hall–Kier alpha value is -1.46. The summed E-state index contributed by atoms with van der Waals surface area (Å²) in [5, 5.41) is 0. The van der Waals surface area contributed by atoms with Crippen LogP contribution in [0.4, 0.5) is 0 Å². The molecule has 0 saturated carbocycles. The number of rotatable bonds is 2. The Morgan fingerprint density at radius 2 is 1.86 bits per heavy atom. The van der Waals surface area contributed by atoms with Gasteiger partial charge >= 0.3 is 0 Å². The summed E-state index contributed by atoms with van der Waals surface area (Å²) < 4.78 is 27.1. The fraction of sp³-hybridized carbons (Fsp3) is 0.471. The summed E-state index contributed by atoms with van der Waals surface area (Å²) in [4.78, 5) is 12.2. The fourth-order valence-electron chi connectivity index (χ4n) is 3.26. The number of allylic oxidation sites excluding steroid dienone is 1. The lowest BCUT2D eigenvalue weighted by Crippen LogP contribution is -2.29. The predicted octanol–water partition coefficient (Wildman–Crippen LogP) is 2.54. The van der Waals surface area contributed by atoms with Crippen LogP contribution >= 0.6 is 0 Å². The second kappa shape index (κ2) is 5.97. The molecule has 0 N–H and O–H groups in total. The van der Waals surface area contributed by atoms with Crippen molar-refractivity contribution in [3.8, 4) is 0 Å². The minimum absolute atomic E-state index is 0.115. The van der Waals surface area contributed by atoms with E-state index in [1.165, 1.54) is 4.31 Å². The fourth-order valence-corrected chi connectivity index (χ4v) is 4.79. The topological polar surface area (TPSA) is 54.5 Å². The molecular formula is C17H21NO3S. The molecule has 2 aliphatic rings. The number of hydrogen-bond donors (Lipinski definition) is 0. The molecule has 0 amide bonds. The number of benzene rings is 1. The molecule has 1 fully saturated rings. The number of hydrogen-bond acceptors (Lipinski definition) is 3. The Bertz CT molecular complexity index is 691. The first-order valence-corrected chi connectivity index (χ1v) is 9.16. The molecule has 0 bridgehead atoms. The van der Waals surface area contributed by atoms with Gasteiger partial charge in [-0.3, -0.25) is 4.79 Å². The van der Waals surface area contributed by atoms with Crippen molar-refractivity contribution >= 4 is 15.8 Å². The summed E-state index contributed by atoms with van der Waals surface area (Å²) in [5.74, 6) is 0.516. The van der Waals surface area contributed by atoms with Crippen LogP contribution in [0.3, 0.4) is 0 Å². The quantitative estimate of drug-likeness (QED) is 0.787. The van der Waals surface area contributed by atoms with Crippen LogP contribution in [0.15, 0.2) is 41.3 Å². The molecule has 1 saturated heterocycles. The molecule has 1 heterocycles. The highest BCUT2D eigenvalue weighted by atomic mass is 32.2. The van der Waals surface area contributed by atoms with Gasteiger partial charge in [0.25, 0.3) is 0 Å². The van der Waals surface area contributed by atoms with Gasteiger partial charge in [-0.2, -0.15) is 4.31 Å². The molecule has 0 unspecified atom stereocenters. The molecule has 3 rings (SSSR count). The van der Waals surface area contributed by atoms with E-state index in [0.29, 0.717) is 30.8 Å². The molecule has 118 valence electrons. The Morgan fingerprint density at radius 3 is 2.59 bits per heavy atom. The molecule has 1 aromatic rings. The first kappa shape index (κ1) is 15.4. The summed E-state index contributed by atoms with van der Waals surface area (Å²) in [6.07, 6.45) is 5.96. The summed E-state index contributed by atoms with van der Waals surface area (Å²) >= 11 is 0. The normalized spacial score (nSPS) is 28.0. The maximum absolute atomic E-state index is 12.8. The van der Waals surface area contributed by atoms with Gasteiger partial charge in [0.15, 0.2) is 0 Å². The van der Waals surface area contributed by atoms with Crippen molar-refractivity contribution in [2.24, 2.45) is 11.8 Å². The molecular weight excluding hydrogens is 298 g/mol. The van der Waals surface area contributed by atoms with Gasteiger partial charge in [0, 0.05) is 25.9 Å². The monoisotopic (exact) mass is 319 g/mol. The average molecular weight is 319 g/mol. The molecule has 0 radical (unpaired) electrons. The zero-order valence-electron chi connectivity index (χ0n) is 12.7. The van der Waals surface area contributed by atoms with Crippen molar-refractivity contribution in [1.29, 1.82) is 0 Å². The smallest absolute Gasteiger partial charge is 0.243 e. The number of fused-ring (bicyclic) bond motifs is 1. The number of sulfonamides is 1. The number of nitrogens with zero attached hydrogens (tertiary/aromatic N) is 1. The van der Waals surface area contributed by atoms with E-state index in [1.807, 2.05) is 25.1 Å². The molecule has 22 heavy (non-hydrogen) atoms. The molecule has 1 aliphatic heterocycles. The van der Waals surface area contributed by atoms with Crippen LogP contribution in [0.5, 0.6) is 0 Å². The van der Waals surface area contributed by atoms with E-state index in [2.05, 4.69) is 6.08 Å². The Labute approximate surface area is 131 Å². The standard InChI is InChI=1S/C17H21NO3S/c1-13-6-8-17(9-7-13)22(20,21)18-11-14-4-2-3-5-16(19)10-15(14)12-18/h2,4,6-9,14-15H,3,5,10-12H2,1H3/b4-2-/t14-,15+/m1/s1. The van der Waals surface area contributed by atoms with Gasteiger partial charge in [-0.05, 0) is 37.3 Å². The number of aryl methyl sites for hydroxylation is 1. The van der Waals surface area contributed by atoms with Crippen molar-refractivity contribution in [2.45, 2.75) is 31.1 Å². The Kier molecular flexibility index (Phi) is 4.19. The average Bonchev–Trinajstić information content (AvgIpc) is 2.85. The minimum Gasteiger partial charge on any atom is -0.300 e. The summed E-state index contributed by atoms with van der Waals surface area (Å²) in [5.41, 5.74) is 1.04. The number of carbonyl (C=O) groups excluding carboxylic acids is 1. The minimum atomic E-state index is -3.47. The van der Waals surface area contributed by atoms with Gasteiger partial charge in [0.1, 0.15) is 5.78 Å². The molecule has 2 atom stereocenters. The lowest BCUT2D eigenvalue weighted by atomic mass is 9.88. The largest absolute Gasteiger partial charge is 0.300 e. The maximum Gasteiger partial charge on any atom is 0.243 e. The maximum atomic E-state index is 12.8. The molecule has 0 aromatic heterocycles. The third-order valence-corrected chi connectivity index (χ3v) is 6.43. The third-order valence-electron chi connectivity index (χ3n) is 4.58. The lowest BCUT2D eigenvalue weighted by Gasteiger charge is -2.16. The van der Waals surface area contributed by atoms with Crippen LogP contribution in [-0.4, -0.2) is 31.6 Å². The summed E-state index contributed by atoms with van der Waals surface area (Å²) in [6.45, 7) is 2.85. The number of Topliss-reactive ketones (excluding diaryl/α,β-unsaturated/α-hetero) is 1. The Morgan fingerprint density at radius 1 is 1.14 bits per heavy atom. The summed E-state index contributed by atoms with van der Waals surface area (Å²) in [6, 6.07) is 6.95. The first-order valence-electron chi connectivity index (χ1n) is 7.72. The molecule has 0 spiro atoms. The van der Waals surface area contributed by atoms with Crippen molar-refractivity contribution < 1.29 is 13.2 Å². The van der Waals surface area contributed by atoms with Gasteiger partial charge in [-0.15, -0.1) is 0 Å². The van der Waals surface area contributed by atoms with E-state index in [4.69, 9.17) is 0 Å². The van der Waals surface area contributed by atoms with Crippen LogP contribution in [0, 0.1) is 18.8 Å². The SMILES string of the molecule is Cc1ccc(S(=O)(=O)N2C[C@@H]3CC(=O)CC/C=C\[C@@H]3C2)cc1. The van der Waals surface area contributed by atoms with Crippen LogP contribution in [0.1, 0.15) is 24.8 Å². The van der Waals surface area contributed by atoms with Crippen LogP contribution < -0.4 is 0 Å². The molecule has 1 aromatic carbocycles.